The highest BCUT2D eigenvalue weighted by Crippen LogP contribution is 2.19. The van der Waals surface area contributed by atoms with Gasteiger partial charge in [0.1, 0.15) is 29.2 Å². The van der Waals surface area contributed by atoms with Crippen molar-refractivity contribution in [1.29, 1.82) is 0 Å². The fourth-order valence-electron chi connectivity index (χ4n) is 1.85. The summed E-state index contributed by atoms with van der Waals surface area (Å²) in [6, 6.07) is 2.67. The van der Waals surface area contributed by atoms with Crippen molar-refractivity contribution in [1.82, 2.24) is 15.6 Å². The van der Waals surface area contributed by atoms with Gasteiger partial charge in [-0.05, 0) is 19.1 Å². The van der Waals surface area contributed by atoms with Crippen molar-refractivity contribution in [2.75, 3.05) is 6.54 Å². The zero-order valence-electron chi connectivity index (χ0n) is 11.8. The first-order valence-electron chi connectivity index (χ1n) is 6.51. The van der Waals surface area contributed by atoms with Crippen molar-refractivity contribution in [2.45, 2.75) is 19.6 Å². The third kappa shape index (κ3) is 3.79. The van der Waals surface area contributed by atoms with E-state index in [2.05, 4.69) is 15.6 Å². The van der Waals surface area contributed by atoms with Crippen LogP contribution < -0.4 is 10.6 Å². The number of oxazole rings is 1. The molecule has 2 aromatic rings. The Bertz CT molecular complexity index is 640. The molecule has 0 aliphatic heterocycles. The summed E-state index contributed by atoms with van der Waals surface area (Å²) in [5.41, 5.74) is 0.0889. The summed E-state index contributed by atoms with van der Waals surface area (Å²) in [6.07, 6.45) is -0.227. The van der Waals surface area contributed by atoms with Gasteiger partial charge in [0.25, 0.3) is 0 Å². The molecule has 0 saturated heterocycles. The van der Waals surface area contributed by atoms with E-state index in [0.29, 0.717) is 11.5 Å². The second-order valence-corrected chi connectivity index (χ2v) is 4.57. The van der Waals surface area contributed by atoms with Gasteiger partial charge in [-0.1, -0.05) is 6.07 Å². The molecule has 8 heteroatoms. The molecule has 0 spiro atoms. The maximum Gasteiger partial charge on any atom is 0.315 e. The van der Waals surface area contributed by atoms with Crippen molar-refractivity contribution < 1.29 is 23.1 Å². The summed E-state index contributed by atoms with van der Waals surface area (Å²) in [7, 11) is 0. The van der Waals surface area contributed by atoms with Gasteiger partial charge in [-0.25, -0.2) is 18.6 Å². The molecule has 1 heterocycles. The van der Waals surface area contributed by atoms with E-state index in [1.54, 1.807) is 6.92 Å². The van der Waals surface area contributed by atoms with Gasteiger partial charge < -0.3 is 20.2 Å². The maximum absolute atomic E-state index is 13.5. The first kappa shape index (κ1) is 15.9. The SMILES string of the molecule is Cc1ocnc1CNC(=O)NCC(O)c1c(F)cccc1F. The van der Waals surface area contributed by atoms with E-state index in [1.165, 1.54) is 12.5 Å². The molecular weight excluding hydrogens is 296 g/mol. The second-order valence-electron chi connectivity index (χ2n) is 4.57. The zero-order valence-corrected chi connectivity index (χ0v) is 11.8. The molecule has 0 radical (unpaired) electrons. The van der Waals surface area contributed by atoms with Crippen LogP contribution in [0.2, 0.25) is 0 Å². The fraction of sp³-hybridized carbons (Fsp3) is 0.286. The summed E-state index contributed by atoms with van der Waals surface area (Å²) < 4.78 is 31.9. The van der Waals surface area contributed by atoms with Crippen LogP contribution in [0, 0.1) is 18.6 Å². The number of rotatable bonds is 5. The van der Waals surface area contributed by atoms with Crippen LogP contribution in [0.5, 0.6) is 0 Å². The van der Waals surface area contributed by atoms with Gasteiger partial charge >= 0.3 is 6.03 Å². The lowest BCUT2D eigenvalue weighted by Crippen LogP contribution is -2.37. The largest absolute Gasteiger partial charge is 0.448 e. The molecule has 22 heavy (non-hydrogen) atoms. The number of hydrogen-bond acceptors (Lipinski definition) is 4. The summed E-state index contributed by atoms with van der Waals surface area (Å²) in [5, 5.41) is 14.6. The average molecular weight is 311 g/mol. The average Bonchev–Trinajstić information content (AvgIpc) is 2.88. The van der Waals surface area contributed by atoms with Crippen LogP contribution in [-0.2, 0) is 6.54 Å². The Morgan fingerprint density at radius 2 is 2.05 bits per heavy atom. The second kappa shape index (κ2) is 6.99. The molecule has 1 aromatic heterocycles. The lowest BCUT2D eigenvalue weighted by molar-refractivity contribution is 0.164. The topological polar surface area (TPSA) is 87.4 Å². The number of aliphatic hydroxyl groups is 1. The number of aromatic nitrogens is 1. The molecule has 1 unspecified atom stereocenters. The van der Waals surface area contributed by atoms with Crippen LogP contribution in [0.25, 0.3) is 0 Å². The number of carbonyl (C=O) groups excluding carboxylic acids is 1. The molecule has 0 aliphatic rings. The number of nitrogens with one attached hydrogen (secondary N) is 2. The van der Waals surface area contributed by atoms with E-state index < -0.39 is 29.3 Å². The van der Waals surface area contributed by atoms with E-state index in [4.69, 9.17) is 4.42 Å². The third-order valence-corrected chi connectivity index (χ3v) is 3.05. The Morgan fingerprint density at radius 1 is 1.36 bits per heavy atom. The highest BCUT2D eigenvalue weighted by Gasteiger charge is 2.18. The Morgan fingerprint density at radius 3 is 2.64 bits per heavy atom. The first-order chi connectivity index (χ1) is 10.5. The normalized spacial score (nSPS) is 12.0. The Labute approximate surface area is 125 Å². The van der Waals surface area contributed by atoms with Crippen molar-refractivity contribution in [3.8, 4) is 0 Å². The predicted molar refractivity (Wildman–Crippen MR) is 72.8 cm³/mol. The monoisotopic (exact) mass is 311 g/mol. The zero-order chi connectivity index (χ0) is 16.1. The van der Waals surface area contributed by atoms with Crippen LogP contribution in [0.3, 0.4) is 0 Å². The number of halogens is 2. The molecule has 0 fully saturated rings. The van der Waals surface area contributed by atoms with Gasteiger partial charge in [0, 0.05) is 6.54 Å². The third-order valence-electron chi connectivity index (χ3n) is 3.05. The molecule has 3 N–H and O–H groups in total. The van der Waals surface area contributed by atoms with Crippen LogP contribution in [0.15, 0.2) is 29.0 Å². The van der Waals surface area contributed by atoms with Crippen molar-refractivity contribution in [3.63, 3.8) is 0 Å². The highest BCUT2D eigenvalue weighted by molar-refractivity contribution is 5.73. The minimum Gasteiger partial charge on any atom is -0.448 e. The molecule has 0 bridgehead atoms. The van der Waals surface area contributed by atoms with Gasteiger partial charge in [0.05, 0.1) is 12.1 Å². The van der Waals surface area contributed by atoms with E-state index in [-0.39, 0.29) is 13.1 Å². The summed E-state index contributed by atoms with van der Waals surface area (Å²) in [6.45, 7) is 1.51. The Hall–Kier alpha value is -2.48. The summed E-state index contributed by atoms with van der Waals surface area (Å²) >= 11 is 0. The van der Waals surface area contributed by atoms with Gasteiger partial charge in [-0.15, -0.1) is 0 Å². The molecule has 2 amide bonds. The van der Waals surface area contributed by atoms with Gasteiger partial charge in [0.15, 0.2) is 6.39 Å². The van der Waals surface area contributed by atoms with Crippen LogP contribution in [0.4, 0.5) is 13.6 Å². The molecule has 0 saturated carbocycles. The minimum atomic E-state index is -1.49. The molecule has 2 rings (SSSR count). The molecule has 6 nitrogen and oxygen atoms in total. The first-order valence-corrected chi connectivity index (χ1v) is 6.51. The molecule has 1 aromatic carbocycles. The van der Waals surface area contributed by atoms with Crippen molar-refractivity contribution in [3.05, 3.63) is 53.2 Å². The van der Waals surface area contributed by atoms with Crippen molar-refractivity contribution in [2.24, 2.45) is 0 Å². The fourth-order valence-corrected chi connectivity index (χ4v) is 1.85. The number of aryl methyl sites for hydroxylation is 1. The summed E-state index contributed by atoms with van der Waals surface area (Å²) in [4.78, 5) is 15.5. The number of amides is 2. The van der Waals surface area contributed by atoms with Gasteiger partial charge in [-0.3, -0.25) is 0 Å². The van der Waals surface area contributed by atoms with E-state index in [0.717, 1.165) is 12.1 Å². The Balaban J connectivity index is 1.84. The number of aliphatic hydroxyl groups excluding tert-OH is 1. The van der Waals surface area contributed by atoms with Gasteiger partial charge in [0.2, 0.25) is 0 Å². The summed E-state index contributed by atoms with van der Waals surface area (Å²) in [5.74, 6) is -1.16. The van der Waals surface area contributed by atoms with Crippen LogP contribution in [-0.4, -0.2) is 22.7 Å². The molecule has 1 atom stereocenters. The van der Waals surface area contributed by atoms with E-state index >= 15 is 0 Å². The lowest BCUT2D eigenvalue weighted by atomic mass is 10.1. The molecular formula is C14H15F2N3O3. The van der Waals surface area contributed by atoms with E-state index in [1.807, 2.05) is 0 Å². The lowest BCUT2D eigenvalue weighted by Gasteiger charge is -2.14. The standard InChI is InChI=1S/C14H15F2N3O3/c1-8-11(19-7-22-8)5-17-14(21)18-6-12(20)13-9(15)3-2-4-10(13)16/h2-4,7,12,20H,5-6H2,1H3,(H2,17,18,21). The van der Waals surface area contributed by atoms with Crippen LogP contribution in [0.1, 0.15) is 23.1 Å². The minimum absolute atomic E-state index is 0.137. The number of nitrogens with zero attached hydrogens (tertiary/aromatic N) is 1. The smallest absolute Gasteiger partial charge is 0.315 e. The number of benzene rings is 1. The van der Waals surface area contributed by atoms with Crippen LogP contribution >= 0.6 is 0 Å². The Kier molecular flexibility index (Phi) is 5.05. The van der Waals surface area contributed by atoms with E-state index in [9.17, 15) is 18.7 Å². The maximum atomic E-state index is 13.5. The highest BCUT2D eigenvalue weighted by atomic mass is 19.1. The number of hydrogen-bond donors (Lipinski definition) is 3. The molecule has 0 aliphatic carbocycles. The number of carbonyl (C=O) groups is 1. The van der Waals surface area contributed by atoms with Crippen molar-refractivity contribution >= 4 is 6.03 Å². The predicted octanol–water partition coefficient (Wildman–Crippen LogP) is 1.79. The number of urea groups is 1. The quantitative estimate of drug-likeness (QED) is 0.785. The molecule has 118 valence electrons. The van der Waals surface area contributed by atoms with Gasteiger partial charge in [-0.2, -0.15) is 0 Å².